The van der Waals surface area contributed by atoms with Crippen molar-refractivity contribution in [3.05, 3.63) is 57.6 Å². The summed E-state index contributed by atoms with van der Waals surface area (Å²) in [5.41, 5.74) is 1.52. The number of carbonyl (C=O) groups excluding carboxylic acids is 1. The van der Waals surface area contributed by atoms with Crippen LogP contribution in [0.15, 0.2) is 46.9 Å². The molecule has 4 rings (SSSR count). The van der Waals surface area contributed by atoms with E-state index < -0.39 is 0 Å². The summed E-state index contributed by atoms with van der Waals surface area (Å²) in [7, 11) is 0. The number of nitrogens with zero attached hydrogens (tertiary/aromatic N) is 3. The van der Waals surface area contributed by atoms with Gasteiger partial charge in [-0.15, -0.1) is 11.3 Å². The van der Waals surface area contributed by atoms with E-state index in [0.29, 0.717) is 5.89 Å². The van der Waals surface area contributed by atoms with Crippen molar-refractivity contribution in [2.24, 2.45) is 0 Å². The van der Waals surface area contributed by atoms with Crippen LogP contribution in [0.5, 0.6) is 0 Å². The number of fused-ring (bicyclic) bond motifs is 1. The number of rotatable bonds is 4. The summed E-state index contributed by atoms with van der Waals surface area (Å²) in [5.74, 6) is 0.443. The molecular weight excluding hydrogens is 370 g/mol. The molecule has 134 valence electrons. The maximum absolute atomic E-state index is 12.4. The highest BCUT2D eigenvalue weighted by Gasteiger charge is 2.20. The minimum Gasteiger partial charge on any atom is -0.437 e. The number of para-hydroxylation sites is 2. The largest absolute Gasteiger partial charge is 0.437 e. The number of thiophene rings is 1. The Kier molecular flexibility index (Phi) is 5.06. The number of aromatic nitrogens is 1. The molecule has 0 spiro atoms. The molecule has 0 unspecified atom stereocenters. The van der Waals surface area contributed by atoms with Crippen LogP contribution >= 0.6 is 22.9 Å². The van der Waals surface area contributed by atoms with E-state index in [1.807, 2.05) is 35.2 Å². The van der Waals surface area contributed by atoms with Gasteiger partial charge in [-0.05, 0) is 24.3 Å². The third-order valence-electron chi connectivity index (χ3n) is 4.37. The SMILES string of the molecule is O=C(/C=C/c1nc2ccccc2o1)N1CCN(Cc2ccc(Cl)s2)CC1. The number of carbonyl (C=O) groups is 1. The number of halogens is 1. The Hall–Kier alpha value is -2.15. The van der Waals surface area contributed by atoms with E-state index in [-0.39, 0.29) is 5.91 Å². The van der Waals surface area contributed by atoms with Gasteiger partial charge in [0.2, 0.25) is 11.8 Å². The quantitative estimate of drug-likeness (QED) is 0.637. The maximum atomic E-state index is 12.4. The molecule has 2 aromatic heterocycles. The first-order chi connectivity index (χ1) is 12.7. The lowest BCUT2D eigenvalue weighted by Crippen LogP contribution is -2.47. The number of benzene rings is 1. The lowest BCUT2D eigenvalue weighted by molar-refractivity contribution is -0.127. The van der Waals surface area contributed by atoms with E-state index in [1.165, 1.54) is 4.88 Å². The molecule has 0 bridgehead atoms. The number of hydrogen-bond donors (Lipinski definition) is 0. The van der Waals surface area contributed by atoms with Gasteiger partial charge in [-0.25, -0.2) is 4.98 Å². The molecule has 3 aromatic rings. The second kappa shape index (κ2) is 7.61. The molecule has 1 aliphatic heterocycles. The smallest absolute Gasteiger partial charge is 0.246 e. The highest BCUT2D eigenvalue weighted by molar-refractivity contribution is 7.16. The van der Waals surface area contributed by atoms with Crippen LogP contribution in [0.4, 0.5) is 0 Å². The minimum absolute atomic E-state index is 0.00826. The van der Waals surface area contributed by atoms with Crippen molar-refractivity contribution in [3.8, 4) is 0 Å². The summed E-state index contributed by atoms with van der Waals surface area (Å²) < 4.78 is 6.42. The van der Waals surface area contributed by atoms with Gasteiger partial charge in [-0.3, -0.25) is 9.69 Å². The van der Waals surface area contributed by atoms with Crippen molar-refractivity contribution in [1.29, 1.82) is 0 Å². The molecule has 1 saturated heterocycles. The Bertz CT molecular complexity index is 908. The van der Waals surface area contributed by atoms with Gasteiger partial charge in [-0.2, -0.15) is 0 Å². The Labute approximate surface area is 160 Å². The minimum atomic E-state index is -0.00826. The van der Waals surface area contributed by atoms with Crippen molar-refractivity contribution in [1.82, 2.24) is 14.8 Å². The van der Waals surface area contributed by atoms with Crippen molar-refractivity contribution in [2.45, 2.75) is 6.54 Å². The molecule has 7 heteroatoms. The highest BCUT2D eigenvalue weighted by atomic mass is 35.5. The summed E-state index contributed by atoms with van der Waals surface area (Å²) in [6.07, 6.45) is 3.18. The topological polar surface area (TPSA) is 49.6 Å². The normalized spacial score (nSPS) is 16.0. The van der Waals surface area contributed by atoms with Gasteiger partial charge in [0.25, 0.3) is 0 Å². The van der Waals surface area contributed by atoms with E-state index >= 15 is 0 Å². The zero-order valence-electron chi connectivity index (χ0n) is 14.1. The summed E-state index contributed by atoms with van der Waals surface area (Å²) in [6, 6.07) is 11.5. The Morgan fingerprint density at radius 2 is 2.00 bits per heavy atom. The van der Waals surface area contributed by atoms with Crippen LogP contribution in [-0.4, -0.2) is 46.9 Å². The molecule has 1 amide bonds. The lowest BCUT2D eigenvalue weighted by Gasteiger charge is -2.33. The Morgan fingerprint density at radius 1 is 1.19 bits per heavy atom. The van der Waals surface area contributed by atoms with Crippen LogP contribution in [0, 0.1) is 0 Å². The summed E-state index contributed by atoms with van der Waals surface area (Å²) in [5, 5.41) is 0. The molecule has 1 aliphatic rings. The zero-order valence-corrected chi connectivity index (χ0v) is 15.7. The van der Waals surface area contributed by atoms with Crippen LogP contribution in [0.2, 0.25) is 4.34 Å². The van der Waals surface area contributed by atoms with Gasteiger partial charge >= 0.3 is 0 Å². The third-order valence-corrected chi connectivity index (χ3v) is 5.59. The molecular formula is C19H18ClN3O2S. The first-order valence-corrected chi connectivity index (χ1v) is 9.66. The predicted molar refractivity (Wildman–Crippen MR) is 104 cm³/mol. The van der Waals surface area contributed by atoms with E-state index in [9.17, 15) is 4.79 Å². The fourth-order valence-electron chi connectivity index (χ4n) is 2.99. The van der Waals surface area contributed by atoms with Gasteiger partial charge in [0.15, 0.2) is 5.58 Å². The highest BCUT2D eigenvalue weighted by Crippen LogP contribution is 2.23. The van der Waals surface area contributed by atoms with Crippen molar-refractivity contribution in [2.75, 3.05) is 26.2 Å². The van der Waals surface area contributed by atoms with Crippen LogP contribution in [-0.2, 0) is 11.3 Å². The molecule has 26 heavy (non-hydrogen) atoms. The monoisotopic (exact) mass is 387 g/mol. The zero-order chi connectivity index (χ0) is 17.9. The average molecular weight is 388 g/mol. The molecule has 0 atom stereocenters. The van der Waals surface area contributed by atoms with Gasteiger partial charge in [0, 0.05) is 49.8 Å². The van der Waals surface area contributed by atoms with E-state index in [0.717, 1.165) is 48.2 Å². The van der Waals surface area contributed by atoms with Gasteiger partial charge in [-0.1, -0.05) is 23.7 Å². The molecule has 3 heterocycles. The fourth-order valence-corrected chi connectivity index (χ4v) is 4.12. The number of oxazole rings is 1. The molecule has 1 fully saturated rings. The van der Waals surface area contributed by atoms with Crippen LogP contribution in [0.3, 0.4) is 0 Å². The summed E-state index contributed by atoms with van der Waals surface area (Å²) in [4.78, 5) is 22.2. The standard InChI is InChI=1S/C19H18ClN3O2S/c20-17-6-5-14(26-17)13-22-9-11-23(12-10-22)19(24)8-7-18-21-15-3-1-2-4-16(15)25-18/h1-8H,9-13H2/b8-7+. The molecule has 1 aromatic carbocycles. The van der Waals surface area contributed by atoms with Gasteiger partial charge < -0.3 is 9.32 Å². The van der Waals surface area contributed by atoms with Gasteiger partial charge in [0.05, 0.1) is 4.34 Å². The summed E-state index contributed by atoms with van der Waals surface area (Å²) >= 11 is 7.59. The molecule has 0 radical (unpaired) electrons. The fraction of sp³-hybridized carbons (Fsp3) is 0.263. The molecule has 0 saturated carbocycles. The van der Waals surface area contributed by atoms with E-state index in [4.69, 9.17) is 16.0 Å². The predicted octanol–water partition coefficient (Wildman–Crippen LogP) is 3.90. The maximum Gasteiger partial charge on any atom is 0.246 e. The third kappa shape index (κ3) is 3.98. The van der Waals surface area contributed by atoms with E-state index in [2.05, 4.69) is 16.0 Å². The van der Waals surface area contributed by atoms with Crippen LogP contribution in [0.1, 0.15) is 10.8 Å². The average Bonchev–Trinajstić information content (AvgIpc) is 3.25. The lowest BCUT2D eigenvalue weighted by atomic mass is 10.3. The summed E-state index contributed by atoms with van der Waals surface area (Å²) in [6.45, 7) is 4.04. The van der Waals surface area contributed by atoms with Crippen LogP contribution < -0.4 is 0 Å². The van der Waals surface area contributed by atoms with Crippen molar-refractivity contribution >= 4 is 46.0 Å². The second-order valence-electron chi connectivity index (χ2n) is 6.16. The van der Waals surface area contributed by atoms with Crippen molar-refractivity contribution in [3.63, 3.8) is 0 Å². The van der Waals surface area contributed by atoms with Gasteiger partial charge in [0.1, 0.15) is 5.52 Å². The first kappa shape index (κ1) is 17.3. The molecule has 5 nitrogen and oxygen atoms in total. The molecule has 0 N–H and O–H groups in total. The number of piperazine rings is 1. The first-order valence-electron chi connectivity index (χ1n) is 8.46. The molecule has 0 aliphatic carbocycles. The van der Waals surface area contributed by atoms with Crippen molar-refractivity contribution < 1.29 is 9.21 Å². The Morgan fingerprint density at radius 3 is 2.73 bits per heavy atom. The Balaban J connectivity index is 1.31. The number of amides is 1. The second-order valence-corrected chi connectivity index (χ2v) is 7.96. The number of hydrogen-bond acceptors (Lipinski definition) is 5. The van der Waals surface area contributed by atoms with Crippen LogP contribution in [0.25, 0.3) is 17.2 Å². The van der Waals surface area contributed by atoms with E-state index in [1.54, 1.807) is 23.5 Å².